The van der Waals surface area contributed by atoms with Crippen molar-refractivity contribution in [1.82, 2.24) is 0 Å². The fraction of sp³-hybridized carbons (Fsp3) is 0.136. The predicted molar refractivity (Wildman–Crippen MR) is 115 cm³/mol. The number of aliphatic hydroxyl groups excluding tert-OH is 1. The largest absolute Gasteiger partial charge is 0.497 e. The van der Waals surface area contributed by atoms with E-state index in [-0.39, 0.29) is 10.8 Å². The van der Waals surface area contributed by atoms with Crippen LogP contribution in [-0.2, 0) is 10.0 Å². The summed E-state index contributed by atoms with van der Waals surface area (Å²) in [6.07, 6.45) is -0.675. The van der Waals surface area contributed by atoms with Crippen LogP contribution in [0.3, 0.4) is 0 Å². The molecule has 0 aliphatic heterocycles. The molecule has 0 bridgehead atoms. The number of carbonyl (C=O) groups excluding carboxylic acids is 1. The lowest BCUT2D eigenvalue weighted by atomic mass is 10.1. The normalized spacial score (nSPS) is 12.1. The Morgan fingerprint density at radius 1 is 0.900 bits per heavy atom. The van der Waals surface area contributed by atoms with Crippen LogP contribution in [0.25, 0.3) is 0 Å². The number of aliphatic hydroxyl groups is 1. The molecule has 156 valence electrons. The molecule has 0 saturated heterocycles. The zero-order valence-electron chi connectivity index (χ0n) is 16.5. The summed E-state index contributed by atoms with van der Waals surface area (Å²) in [4.78, 5) is 12.4. The fourth-order valence-electron chi connectivity index (χ4n) is 2.71. The topological polar surface area (TPSA) is 105 Å². The second-order valence-electron chi connectivity index (χ2n) is 6.61. The van der Waals surface area contributed by atoms with Crippen molar-refractivity contribution >= 4 is 27.3 Å². The minimum atomic E-state index is -3.79. The summed E-state index contributed by atoms with van der Waals surface area (Å²) in [5.41, 5.74) is 1.96. The molecule has 3 aromatic rings. The molecule has 0 heterocycles. The van der Waals surface area contributed by atoms with E-state index in [9.17, 15) is 18.3 Å². The highest BCUT2D eigenvalue weighted by atomic mass is 32.2. The smallest absolute Gasteiger partial charge is 0.261 e. The lowest BCUT2D eigenvalue weighted by molar-refractivity contribution is 0.102. The van der Waals surface area contributed by atoms with Crippen molar-refractivity contribution in [2.75, 3.05) is 17.1 Å². The molecule has 3 rings (SSSR count). The summed E-state index contributed by atoms with van der Waals surface area (Å²) in [6.45, 7) is 1.61. The number of sulfonamides is 1. The minimum absolute atomic E-state index is 0.0771. The van der Waals surface area contributed by atoms with Gasteiger partial charge in [0.15, 0.2) is 0 Å². The number of ether oxygens (including phenoxy) is 1. The Morgan fingerprint density at radius 2 is 1.47 bits per heavy atom. The summed E-state index contributed by atoms with van der Waals surface area (Å²) >= 11 is 0. The van der Waals surface area contributed by atoms with Gasteiger partial charge in [-0.15, -0.1) is 0 Å². The first-order valence-electron chi connectivity index (χ1n) is 9.15. The minimum Gasteiger partial charge on any atom is -0.497 e. The second-order valence-corrected chi connectivity index (χ2v) is 8.29. The molecule has 0 spiro atoms. The Kier molecular flexibility index (Phi) is 6.39. The number of anilines is 2. The molecular formula is C22H22N2O5S. The predicted octanol–water partition coefficient (Wildman–Crippen LogP) is 3.80. The van der Waals surface area contributed by atoms with Gasteiger partial charge in [-0.05, 0) is 73.2 Å². The van der Waals surface area contributed by atoms with Gasteiger partial charge < -0.3 is 15.2 Å². The van der Waals surface area contributed by atoms with E-state index in [0.29, 0.717) is 28.3 Å². The van der Waals surface area contributed by atoms with E-state index in [1.54, 1.807) is 50.4 Å². The van der Waals surface area contributed by atoms with Crippen molar-refractivity contribution in [2.45, 2.75) is 17.9 Å². The molecule has 3 N–H and O–H groups in total. The van der Waals surface area contributed by atoms with Crippen molar-refractivity contribution in [1.29, 1.82) is 0 Å². The Labute approximate surface area is 175 Å². The van der Waals surface area contributed by atoms with Crippen LogP contribution >= 0.6 is 0 Å². The van der Waals surface area contributed by atoms with Crippen LogP contribution in [0.1, 0.15) is 28.9 Å². The van der Waals surface area contributed by atoms with Gasteiger partial charge in [0.05, 0.1) is 18.1 Å². The van der Waals surface area contributed by atoms with Gasteiger partial charge in [0.2, 0.25) is 0 Å². The Bertz CT molecular complexity index is 1110. The molecular weight excluding hydrogens is 404 g/mol. The lowest BCUT2D eigenvalue weighted by Gasteiger charge is -2.11. The summed E-state index contributed by atoms with van der Waals surface area (Å²) in [5.74, 6) is 0.369. The van der Waals surface area contributed by atoms with Crippen LogP contribution in [0, 0.1) is 0 Å². The lowest BCUT2D eigenvalue weighted by Crippen LogP contribution is -2.14. The maximum Gasteiger partial charge on any atom is 0.261 e. The van der Waals surface area contributed by atoms with E-state index in [4.69, 9.17) is 4.74 Å². The van der Waals surface area contributed by atoms with Gasteiger partial charge in [-0.1, -0.05) is 12.1 Å². The van der Waals surface area contributed by atoms with Gasteiger partial charge in [0.1, 0.15) is 5.75 Å². The molecule has 0 aliphatic rings. The number of hydrogen-bond acceptors (Lipinski definition) is 5. The van der Waals surface area contributed by atoms with Crippen molar-refractivity contribution in [3.8, 4) is 5.75 Å². The number of nitrogens with one attached hydrogen (secondary N) is 2. The van der Waals surface area contributed by atoms with E-state index in [1.807, 2.05) is 0 Å². The first-order chi connectivity index (χ1) is 14.3. The van der Waals surface area contributed by atoms with Crippen LogP contribution in [0.15, 0.2) is 77.7 Å². The molecule has 30 heavy (non-hydrogen) atoms. The molecule has 1 atom stereocenters. The van der Waals surface area contributed by atoms with Crippen LogP contribution in [0.5, 0.6) is 5.75 Å². The van der Waals surface area contributed by atoms with E-state index in [0.717, 1.165) is 0 Å². The summed E-state index contributed by atoms with van der Waals surface area (Å²) < 4.78 is 32.6. The number of amides is 1. The van der Waals surface area contributed by atoms with E-state index >= 15 is 0 Å². The van der Waals surface area contributed by atoms with Gasteiger partial charge >= 0.3 is 0 Å². The summed E-state index contributed by atoms with van der Waals surface area (Å²) in [7, 11) is -2.22. The SMILES string of the molecule is COc1ccc(NC(=O)c2ccc(NS(=O)(=O)c3ccc(C(C)O)cc3)cc2)cc1. The van der Waals surface area contributed by atoms with Gasteiger partial charge in [-0.2, -0.15) is 0 Å². The Morgan fingerprint density at radius 3 is 2.00 bits per heavy atom. The van der Waals surface area contributed by atoms with Crippen molar-refractivity contribution in [3.63, 3.8) is 0 Å². The van der Waals surface area contributed by atoms with Crippen LogP contribution in [0.2, 0.25) is 0 Å². The number of methoxy groups -OCH3 is 1. The third kappa shape index (κ3) is 5.16. The van der Waals surface area contributed by atoms with Crippen molar-refractivity contribution in [2.24, 2.45) is 0 Å². The molecule has 0 aliphatic carbocycles. The van der Waals surface area contributed by atoms with Crippen molar-refractivity contribution < 1.29 is 23.1 Å². The Hall–Kier alpha value is -3.36. The molecule has 0 aromatic heterocycles. The monoisotopic (exact) mass is 426 g/mol. The van der Waals surface area contributed by atoms with Gasteiger partial charge in [-0.25, -0.2) is 8.42 Å². The third-order valence-corrected chi connectivity index (χ3v) is 5.82. The standard InChI is InChI=1S/C22H22N2O5S/c1-15(25)16-5-13-21(14-6-16)30(27,28)24-19-7-3-17(4-8-19)22(26)23-18-9-11-20(29-2)12-10-18/h3-15,24-25H,1-2H3,(H,23,26). The number of hydrogen-bond donors (Lipinski definition) is 3. The highest BCUT2D eigenvalue weighted by Crippen LogP contribution is 2.20. The van der Waals surface area contributed by atoms with E-state index in [1.165, 1.54) is 36.4 Å². The summed E-state index contributed by atoms with van der Waals surface area (Å²) in [6, 6.07) is 19.0. The third-order valence-electron chi connectivity index (χ3n) is 4.42. The first-order valence-corrected chi connectivity index (χ1v) is 10.6. The van der Waals surface area contributed by atoms with Gasteiger partial charge in [0, 0.05) is 16.9 Å². The number of carbonyl (C=O) groups is 1. The maximum absolute atomic E-state index is 12.5. The molecule has 3 aromatic carbocycles. The molecule has 1 amide bonds. The van der Waals surface area contributed by atoms with Gasteiger partial charge in [-0.3, -0.25) is 9.52 Å². The zero-order valence-corrected chi connectivity index (χ0v) is 17.3. The molecule has 8 heteroatoms. The maximum atomic E-state index is 12.5. The quantitative estimate of drug-likeness (QED) is 0.533. The zero-order chi connectivity index (χ0) is 21.7. The first kappa shape index (κ1) is 21.4. The average molecular weight is 426 g/mol. The van der Waals surface area contributed by atoms with Gasteiger partial charge in [0.25, 0.3) is 15.9 Å². The Balaban J connectivity index is 1.67. The number of rotatable bonds is 7. The molecule has 0 radical (unpaired) electrons. The highest BCUT2D eigenvalue weighted by molar-refractivity contribution is 7.92. The fourth-order valence-corrected chi connectivity index (χ4v) is 3.77. The highest BCUT2D eigenvalue weighted by Gasteiger charge is 2.15. The van der Waals surface area contributed by atoms with E-state index in [2.05, 4.69) is 10.0 Å². The average Bonchev–Trinajstić information content (AvgIpc) is 2.74. The van der Waals surface area contributed by atoms with Crippen LogP contribution < -0.4 is 14.8 Å². The number of benzene rings is 3. The molecule has 0 fully saturated rings. The molecule has 7 nitrogen and oxygen atoms in total. The molecule has 0 saturated carbocycles. The van der Waals surface area contributed by atoms with Crippen molar-refractivity contribution in [3.05, 3.63) is 83.9 Å². The second kappa shape index (κ2) is 8.98. The van der Waals surface area contributed by atoms with Crippen LogP contribution in [-0.4, -0.2) is 26.5 Å². The van der Waals surface area contributed by atoms with Crippen LogP contribution in [0.4, 0.5) is 11.4 Å². The molecule has 1 unspecified atom stereocenters. The van der Waals surface area contributed by atoms with E-state index < -0.39 is 16.1 Å². The summed E-state index contributed by atoms with van der Waals surface area (Å²) in [5, 5.41) is 12.3.